The maximum atomic E-state index is 12.2. The number of carboxylic acid groups (broad SMARTS) is 1. The van der Waals surface area contributed by atoms with Crippen molar-refractivity contribution in [1.29, 1.82) is 0 Å². The molecule has 3 atom stereocenters. The van der Waals surface area contributed by atoms with Gasteiger partial charge in [0.2, 0.25) is 17.7 Å². The zero-order valence-corrected chi connectivity index (χ0v) is 17.1. The molecule has 0 heterocycles. The van der Waals surface area contributed by atoms with Crippen molar-refractivity contribution < 1.29 is 24.3 Å². The molecule has 10 nitrogen and oxygen atoms in total. The van der Waals surface area contributed by atoms with Gasteiger partial charge in [0.25, 0.3) is 0 Å². The van der Waals surface area contributed by atoms with Crippen LogP contribution < -0.4 is 27.4 Å². The number of carboxylic acids is 1. The molecule has 0 saturated heterocycles. The zero-order valence-electron chi connectivity index (χ0n) is 17.1. The average Bonchev–Trinajstić information content (AvgIpc) is 2.71. The van der Waals surface area contributed by atoms with E-state index in [9.17, 15) is 19.2 Å². The molecule has 0 aliphatic carbocycles. The highest BCUT2D eigenvalue weighted by atomic mass is 16.4. The topological polar surface area (TPSA) is 177 Å². The number of hydrogen-bond acceptors (Lipinski definition) is 6. The molecule has 8 N–H and O–H groups in total. The third-order valence-corrected chi connectivity index (χ3v) is 4.39. The number of hydrogen-bond donors (Lipinski definition) is 6. The largest absolute Gasteiger partial charge is 0.480 e. The number of nitrogens with two attached hydrogens (primary N) is 2. The van der Waals surface area contributed by atoms with Crippen LogP contribution >= 0.6 is 0 Å². The lowest BCUT2D eigenvalue weighted by atomic mass is 10.1. The molecule has 3 unspecified atom stereocenters. The van der Waals surface area contributed by atoms with Crippen molar-refractivity contribution in [2.24, 2.45) is 11.5 Å². The van der Waals surface area contributed by atoms with Crippen molar-refractivity contribution in [3.05, 3.63) is 35.9 Å². The molecule has 30 heavy (non-hydrogen) atoms. The summed E-state index contributed by atoms with van der Waals surface area (Å²) in [5, 5.41) is 16.4. The van der Waals surface area contributed by atoms with E-state index in [1.165, 1.54) is 6.92 Å². The normalized spacial score (nSPS) is 13.6. The van der Waals surface area contributed by atoms with Gasteiger partial charge in [0.1, 0.15) is 12.1 Å². The molecule has 0 spiro atoms. The van der Waals surface area contributed by atoms with Gasteiger partial charge in [-0.3, -0.25) is 14.4 Å². The van der Waals surface area contributed by atoms with Gasteiger partial charge in [-0.15, -0.1) is 0 Å². The van der Waals surface area contributed by atoms with E-state index in [4.69, 9.17) is 16.6 Å². The number of benzene rings is 1. The van der Waals surface area contributed by atoms with E-state index in [0.717, 1.165) is 5.56 Å². The van der Waals surface area contributed by atoms with Gasteiger partial charge in [-0.05, 0) is 44.7 Å². The van der Waals surface area contributed by atoms with Crippen LogP contribution in [0.5, 0.6) is 0 Å². The Labute approximate surface area is 175 Å². The van der Waals surface area contributed by atoms with Crippen LogP contribution in [0.1, 0.15) is 31.7 Å². The summed E-state index contributed by atoms with van der Waals surface area (Å²) in [7, 11) is 0. The van der Waals surface area contributed by atoms with Crippen LogP contribution in [0.2, 0.25) is 0 Å². The highest BCUT2D eigenvalue weighted by Crippen LogP contribution is 2.02. The van der Waals surface area contributed by atoms with Gasteiger partial charge in [0.15, 0.2) is 0 Å². The van der Waals surface area contributed by atoms with E-state index < -0.39 is 48.4 Å². The second kappa shape index (κ2) is 13.3. The number of unbranched alkanes of at least 4 members (excludes halogenated alkanes) is 1. The zero-order chi connectivity index (χ0) is 22.5. The van der Waals surface area contributed by atoms with Crippen LogP contribution in [-0.2, 0) is 25.6 Å². The Balaban J connectivity index is 2.40. The first-order valence-corrected chi connectivity index (χ1v) is 9.84. The van der Waals surface area contributed by atoms with E-state index in [1.54, 1.807) is 0 Å². The molecule has 0 saturated carbocycles. The van der Waals surface area contributed by atoms with Crippen LogP contribution in [0.3, 0.4) is 0 Å². The molecular formula is C20H31N5O5. The van der Waals surface area contributed by atoms with Crippen LogP contribution in [0, 0.1) is 0 Å². The Kier molecular flexibility index (Phi) is 11.1. The molecule has 0 aliphatic rings. The molecular weight excluding hydrogens is 390 g/mol. The lowest BCUT2D eigenvalue weighted by Crippen LogP contribution is -2.52. The smallest absolute Gasteiger partial charge is 0.326 e. The predicted octanol–water partition coefficient (Wildman–Crippen LogP) is -1.12. The summed E-state index contributed by atoms with van der Waals surface area (Å²) < 4.78 is 0. The number of carbonyl (C=O) groups is 4. The third-order valence-electron chi connectivity index (χ3n) is 4.39. The summed E-state index contributed by atoms with van der Waals surface area (Å²) >= 11 is 0. The van der Waals surface area contributed by atoms with E-state index in [0.29, 0.717) is 25.8 Å². The van der Waals surface area contributed by atoms with E-state index >= 15 is 0 Å². The Hall–Kier alpha value is -2.98. The van der Waals surface area contributed by atoms with Crippen molar-refractivity contribution >= 4 is 23.7 Å². The van der Waals surface area contributed by atoms with Crippen LogP contribution in [0.15, 0.2) is 30.3 Å². The quantitative estimate of drug-likeness (QED) is 0.218. The lowest BCUT2D eigenvalue weighted by molar-refractivity contribution is -0.142. The molecule has 1 aromatic rings. The van der Waals surface area contributed by atoms with Crippen molar-refractivity contribution in [3.63, 3.8) is 0 Å². The minimum absolute atomic E-state index is 0.248. The first-order valence-electron chi connectivity index (χ1n) is 9.84. The molecule has 0 aliphatic heterocycles. The minimum atomic E-state index is -1.15. The highest BCUT2D eigenvalue weighted by Gasteiger charge is 2.22. The van der Waals surface area contributed by atoms with Gasteiger partial charge in [-0.2, -0.15) is 0 Å². The molecule has 1 rings (SSSR count). The number of aliphatic carboxylic acids is 1. The summed E-state index contributed by atoms with van der Waals surface area (Å²) in [6.07, 6.45) is 1.79. The Morgan fingerprint density at radius 1 is 1.03 bits per heavy atom. The summed E-state index contributed by atoms with van der Waals surface area (Å²) in [6.45, 7) is 1.50. The Bertz CT molecular complexity index is 713. The summed E-state index contributed by atoms with van der Waals surface area (Å²) in [4.78, 5) is 47.4. The van der Waals surface area contributed by atoms with Crippen molar-refractivity contribution in [2.75, 3.05) is 13.1 Å². The molecule has 0 radical (unpaired) electrons. The molecule has 166 valence electrons. The summed E-state index contributed by atoms with van der Waals surface area (Å²) in [5.74, 6) is -2.86. The molecule has 10 heteroatoms. The SMILES string of the molecule is CC(NC(=O)C(N)Cc1ccccc1)C(=O)NCC(=O)NC(CCCCN)C(=O)O. The van der Waals surface area contributed by atoms with Gasteiger partial charge >= 0.3 is 5.97 Å². The second-order valence-electron chi connectivity index (χ2n) is 6.99. The number of nitrogens with one attached hydrogen (secondary N) is 3. The van der Waals surface area contributed by atoms with Crippen LogP contribution in [0.25, 0.3) is 0 Å². The molecule has 0 aromatic heterocycles. The van der Waals surface area contributed by atoms with Gasteiger partial charge in [-0.25, -0.2) is 4.79 Å². The maximum Gasteiger partial charge on any atom is 0.326 e. The lowest BCUT2D eigenvalue weighted by Gasteiger charge is -2.18. The molecule has 0 bridgehead atoms. The van der Waals surface area contributed by atoms with Crippen molar-refractivity contribution in [3.8, 4) is 0 Å². The fourth-order valence-electron chi connectivity index (χ4n) is 2.66. The minimum Gasteiger partial charge on any atom is -0.480 e. The first-order chi connectivity index (χ1) is 14.2. The Morgan fingerprint density at radius 2 is 1.70 bits per heavy atom. The van der Waals surface area contributed by atoms with E-state index in [-0.39, 0.29) is 6.42 Å². The highest BCUT2D eigenvalue weighted by molar-refractivity contribution is 5.92. The number of carbonyl (C=O) groups excluding carboxylic acids is 3. The number of rotatable bonds is 13. The van der Waals surface area contributed by atoms with Gasteiger partial charge in [0.05, 0.1) is 12.6 Å². The fraction of sp³-hybridized carbons (Fsp3) is 0.500. The predicted molar refractivity (Wildman–Crippen MR) is 111 cm³/mol. The monoisotopic (exact) mass is 421 g/mol. The summed E-state index contributed by atoms with van der Waals surface area (Å²) in [5.41, 5.74) is 12.2. The standard InChI is InChI=1S/C20H31N5O5/c1-13(24-19(28)15(22)11-14-7-3-2-4-8-14)18(27)23-12-17(26)25-16(20(29)30)9-5-6-10-21/h2-4,7-8,13,15-16H,5-6,9-12,21-22H2,1H3,(H,23,27)(H,24,28)(H,25,26)(H,29,30). The number of amides is 3. The van der Waals surface area contributed by atoms with Gasteiger partial charge < -0.3 is 32.5 Å². The van der Waals surface area contributed by atoms with Crippen LogP contribution in [-0.4, -0.2) is 60.0 Å². The van der Waals surface area contributed by atoms with Crippen molar-refractivity contribution in [1.82, 2.24) is 16.0 Å². The van der Waals surface area contributed by atoms with Crippen molar-refractivity contribution in [2.45, 2.75) is 50.7 Å². The maximum absolute atomic E-state index is 12.2. The molecule has 1 aromatic carbocycles. The molecule has 0 fully saturated rings. The first kappa shape index (κ1) is 25.1. The van der Waals surface area contributed by atoms with Crippen LogP contribution in [0.4, 0.5) is 0 Å². The Morgan fingerprint density at radius 3 is 2.30 bits per heavy atom. The third kappa shape index (κ3) is 9.48. The summed E-state index contributed by atoms with van der Waals surface area (Å²) in [6, 6.07) is 6.46. The average molecular weight is 421 g/mol. The second-order valence-corrected chi connectivity index (χ2v) is 6.99. The van der Waals surface area contributed by atoms with Gasteiger partial charge in [0, 0.05) is 0 Å². The van der Waals surface area contributed by atoms with E-state index in [1.807, 2.05) is 30.3 Å². The van der Waals surface area contributed by atoms with Gasteiger partial charge in [-0.1, -0.05) is 30.3 Å². The molecule has 3 amide bonds. The fourth-order valence-corrected chi connectivity index (χ4v) is 2.66. The van der Waals surface area contributed by atoms with E-state index in [2.05, 4.69) is 16.0 Å².